The van der Waals surface area contributed by atoms with E-state index in [2.05, 4.69) is 10.2 Å². The van der Waals surface area contributed by atoms with Crippen LogP contribution in [-0.4, -0.2) is 37.0 Å². The molecule has 2 aliphatic rings. The first-order chi connectivity index (χ1) is 11.7. The number of hydrogen-bond donors (Lipinski definition) is 1. The minimum absolute atomic E-state index is 0.0218. The summed E-state index contributed by atoms with van der Waals surface area (Å²) in [5.74, 6) is 1.51. The minimum atomic E-state index is 0.0218. The van der Waals surface area contributed by atoms with Gasteiger partial charge in [-0.2, -0.15) is 0 Å². The van der Waals surface area contributed by atoms with Gasteiger partial charge in [-0.15, -0.1) is 0 Å². The molecule has 0 radical (unpaired) electrons. The SMILES string of the molecule is COc1ccc(Cl)cc1NC(=O)CCN1CCCC2CCCCC21. The standard InChI is InChI=1S/C19H27ClN2O2/c1-24-18-9-8-15(20)13-16(18)21-19(23)10-12-22-11-4-6-14-5-2-3-7-17(14)22/h8-9,13-14,17H,2-7,10-12H2,1H3,(H,21,23). The van der Waals surface area contributed by atoms with Crippen molar-refractivity contribution in [3.05, 3.63) is 23.2 Å². The van der Waals surface area contributed by atoms with Crippen molar-refractivity contribution in [3.8, 4) is 5.75 Å². The molecule has 1 saturated heterocycles. The van der Waals surface area contributed by atoms with Crippen molar-refractivity contribution in [2.75, 3.05) is 25.5 Å². The third-order valence-electron chi connectivity index (χ3n) is 5.42. The average Bonchev–Trinajstić information content (AvgIpc) is 2.60. The van der Waals surface area contributed by atoms with Crippen molar-refractivity contribution >= 4 is 23.2 Å². The summed E-state index contributed by atoms with van der Waals surface area (Å²) in [6.45, 7) is 1.98. The number of fused-ring (bicyclic) bond motifs is 1. The number of nitrogens with zero attached hydrogens (tertiary/aromatic N) is 1. The van der Waals surface area contributed by atoms with E-state index in [0.29, 0.717) is 28.9 Å². The van der Waals surface area contributed by atoms with Crippen LogP contribution in [0.5, 0.6) is 5.75 Å². The van der Waals surface area contributed by atoms with Gasteiger partial charge in [0.1, 0.15) is 5.75 Å². The maximum atomic E-state index is 12.4. The van der Waals surface area contributed by atoms with Crippen LogP contribution in [0.25, 0.3) is 0 Å². The number of amides is 1. The van der Waals surface area contributed by atoms with E-state index in [0.717, 1.165) is 19.0 Å². The highest BCUT2D eigenvalue weighted by atomic mass is 35.5. The Labute approximate surface area is 149 Å². The second kappa shape index (κ2) is 8.21. The van der Waals surface area contributed by atoms with Gasteiger partial charge < -0.3 is 10.1 Å². The number of benzene rings is 1. The lowest BCUT2D eigenvalue weighted by Crippen LogP contribution is -2.47. The molecule has 1 N–H and O–H groups in total. The van der Waals surface area contributed by atoms with Gasteiger partial charge >= 0.3 is 0 Å². The van der Waals surface area contributed by atoms with E-state index in [9.17, 15) is 4.79 Å². The lowest BCUT2D eigenvalue weighted by molar-refractivity contribution is -0.116. The molecule has 2 unspecified atom stereocenters. The van der Waals surface area contributed by atoms with Crippen molar-refractivity contribution in [1.29, 1.82) is 0 Å². The predicted molar refractivity (Wildman–Crippen MR) is 97.8 cm³/mol. The van der Waals surface area contributed by atoms with Gasteiger partial charge in [0.05, 0.1) is 12.8 Å². The molecular formula is C19H27ClN2O2. The molecule has 3 rings (SSSR count). The Morgan fingerprint density at radius 3 is 2.92 bits per heavy atom. The van der Waals surface area contributed by atoms with E-state index in [4.69, 9.17) is 16.3 Å². The lowest BCUT2D eigenvalue weighted by Gasteiger charge is -2.44. The Hall–Kier alpha value is -1.26. The zero-order chi connectivity index (χ0) is 16.9. The van der Waals surface area contributed by atoms with Crippen LogP contribution >= 0.6 is 11.6 Å². The van der Waals surface area contributed by atoms with Gasteiger partial charge in [0, 0.05) is 24.0 Å². The van der Waals surface area contributed by atoms with Gasteiger partial charge in [-0.3, -0.25) is 9.69 Å². The Bertz CT molecular complexity index is 576. The van der Waals surface area contributed by atoms with Gasteiger partial charge in [-0.1, -0.05) is 24.4 Å². The third kappa shape index (κ3) is 4.22. The van der Waals surface area contributed by atoms with Crippen LogP contribution in [0.4, 0.5) is 5.69 Å². The summed E-state index contributed by atoms with van der Waals surface area (Å²) in [4.78, 5) is 14.9. The molecule has 5 heteroatoms. The van der Waals surface area contributed by atoms with Crippen molar-refractivity contribution in [2.45, 2.75) is 51.0 Å². The largest absolute Gasteiger partial charge is 0.495 e. The van der Waals surface area contributed by atoms with Crippen LogP contribution in [0.2, 0.25) is 5.02 Å². The van der Waals surface area contributed by atoms with E-state index < -0.39 is 0 Å². The van der Waals surface area contributed by atoms with Crippen molar-refractivity contribution in [2.24, 2.45) is 5.92 Å². The highest BCUT2D eigenvalue weighted by molar-refractivity contribution is 6.31. The number of halogens is 1. The summed E-state index contributed by atoms with van der Waals surface area (Å²) in [5, 5.41) is 3.53. The summed E-state index contributed by atoms with van der Waals surface area (Å²) in [6, 6.07) is 5.96. The first kappa shape index (κ1) is 17.6. The minimum Gasteiger partial charge on any atom is -0.495 e. The maximum absolute atomic E-state index is 12.4. The molecule has 0 aromatic heterocycles. The van der Waals surface area contributed by atoms with Crippen LogP contribution in [-0.2, 0) is 4.79 Å². The smallest absolute Gasteiger partial charge is 0.225 e. The number of carbonyl (C=O) groups is 1. The van der Waals surface area contributed by atoms with Gasteiger partial charge in [0.25, 0.3) is 0 Å². The number of nitrogens with one attached hydrogen (secondary N) is 1. The maximum Gasteiger partial charge on any atom is 0.225 e. The average molecular weight is 351 g/mol. The molecule has 0 bridgehead atoms. The first-order valence-electron chi connectivity index (χ1n) is 9.05. The molecule has 1 saturated carbocycles. The zero-order valence-corrected chi connectivity index (χ0v) is 15.1. The molecule has 1 aliphatic carbocycles. The fourth-order valence-electron chi connectivity index (χ4n) is 4.24. The second-order valence-electron chi connectivity index (χ2n) is 6.93. The third-order valence-corrected chi connectivity index (χ3v) is 5.66. The molecule has 0 spiro atoms. The number of piperidine rings is 1. The molecule has 1 aliphatic heterocycles. The van der Waals surface area contributed by atoms with Crippen molar-refractivity contribution in [3.63, 3.8) is 0 Å². The summed E-state index contributed by atoms with van der Waals surface area (Å²) in [6.07, 6.45) is 8.53. The summed E-state index contributed by atoms with van der Waals surface area (Å²) < 4.78 is 5.28. The van der Waals surface area contributed by atoms with E-state index in [1.807, 2.05) is 0 Å². The molecule has 2 atom stereocenters. The Kier molecular flexibility index (Phi) is 6.01. The molecule has 4 nitrogen and oxygen atoms in total. The van der Waals surface area contributed by atoms with Crippen LogP contribution < -0.4 is 10.1 Å². The van der Waals surface area contributed by atoms with E-state index in [1.165, 1.54) is 38.5 Å². The quantitative estimate of drug-likeness (QED) is 0.859. The van der Waals surface area contributed by atoms with Gasteiger partial charge in [0.2, 0.25) is 5.91 Å². The Balaban J connectivity index is 1.54. The number of methoxy groups -OCH3 is 1. The molecule has 1 aromatic carbocycles. The summed E-state index contributed by atoms with van der Waals surface area (Å²) in [7, 11) is 1.59. The van der Waals surface area contributed by atoms with Gasteiger partial charge in [0.15, 0.2) is 0 Å². The highest BCUT2D eigenvalue weighted by Gasteiger charge is 2.32. The predicted octanol–water partition coefficient (Wildman–Crippen LogP) is 4.33. The van der Waals surface area contributed by atoms with Crippen LogP contribution in [0.3, 0.4) is 0 Å². The van der Waals surface area contributed by atoms with Crippen LogP contribution in [0, 0.1) is 5.92 Å². The monoisotopic (exact) mass is 350 g/mol. The topological polar surface area (TPSA) is 41.6 Å². The number of rotatable bonds is 5. The van der Waals surface area contributed by atoms with E-state index >= 15 is 0 Å². The fraction of sp³-hybridized carbons (Fsp3) is 0.632. The van der Waals surface area contributed by atoms with E-state index in [-0.39, 0.29) is 5.91 Å². The molecule has 24 heavy (non-hydrogen) atoms. The molecule has 1 aromatic rings. The molecule has 1 amide bonds. The number of likely N-dealkylation sites (tertiary alicyclic amines) is 1. The fourth-order valence-corrected chi connectivity index (χ4v) is 4.41. The first-order valence-corrected chi connectivity index (χ1v) is 9.42. The molecule has 132 valence electrons. The normalized spacial score (nSPS) is 24.2. The number of carbonyl (C=O) groups excluding carboxylic acids is 1. The molecular weight excluding hydrogens is 324 g/mol. The van der Waals surface area contributed by atoms with Crippen molar-refractivity contribution < 1.29 is 9.53 Å². The number of ether oxygens (including phenoxy) is 1. The summed E-state index contributed by atoms with van der Waals surface area (Å²) >= 11 is 6.02. The second-order valence-corrected chi connectivity index (χ2v) is 7.37. The summed E-state index contributed by atoms with van der Waals surface area (Å²) in [5.41, 5.74) is 0.643. The number of hydrogen-bond acceptors (Lipinski definition) is 3. The number of anilines is 1. The van der Waals surface area contributed by atoms with E-state index in [1.54, 1.807) is 25.3 Å². The van der Waals surface area contributed by atoms with Crippen molar-refractivity contribution in [1.82, 2.24) is 4.90 Å². The Morgan fingerprint density at radius 1 is 1.29 bits per heavy atom. The zero-order valence-electron chi connectivity index (χ0n) is 14.4. The van der Waals surface area contributed by atoms with Gasteiger partial charge in [-0.25, -0.2) is 0 Å². The lowest BCUT2D eigenvalue weighted by atomic mass is 9.78. The Morgan fingerprint density at radius 2 is 2.08 bits per heavy atom. The molecule has 1 heterocycles. The van der Waals surface area contributed by atoms with Gasteiger partial charge in [-0.05, 0) is 56.3 Å². The van der Waals surface area contributed by atoms with Crippen LogP contribution in [0.15, 0.2) is 18.2 Å². The highest BCUT2D eigenvalue weighted by Crippen LogP contribution is 2.35. The molecule has 2 fully saturated rings. The van der Waals surface area contributed by atoms with Crippen LogP contribution in [0.1, 0.15) is 44.9 Å².